The molecule has 98 valence electrons. The summed E-state index contributed by atoms with van der Waals surface area (Å²) in [6.45, 7) is 1.94. The van der Waals surface area contributed by atoms with E-state index >= 15 is 0 Å². The van der Waals surface area contributed by atoms with Crippen LogP contribution in [0.4, 0.5) is 11.4 Å². The Kier molecular flexibility index (Phi) is 4.12. The number of thioether (sulfide) groups is 1. The number of hydrogen-bond donors (Lipinski definition) is 2. The van der Waals surface area contributed by atoms with E-state index in [1.54, 1.807) is 23.9 Å². The number of carbonyl (C=O) groups is 1. The summed E-state index contributed by atoms with van der Waals surface area (Å²) in [5, 5.41) is 12.3. The Morgan fingerprint density at radius 2 is 1.84 bits per heavy atom. The summed E-state index contributed by atoms with van der Waals surface area (Å²) in [5.74, 6) is -0.928. The number of aryl methyl sites for hydroxylation is 1. The normalized spacial score (nSPS) is 10.2. The Hall–Kier alpha value is -1.94. The topological polar surface area (TPSA) is 49.3 Å². The number of anilines is 2. The zero-order chi connectivity index (χ0) is 13.8. The highest BCUT2D eigenvalue weighted by atomic mass is 32.2. The first-order chi connectivity index (χ1) is 9.10. The third kappa shape index (κ3) is 3.29. The third-order valence-electron chi connectivity index (χ3n) is 2.77. The van der Waals surface area contributed by atoms with Crippen molar-refractivity contribution >= 4 is 29.1 Å². The van der Waals surface area contributed by atoms with Crippen LogP contribution in [0.3, 0.4) is 0 Å². The smallest absolute Gasteiger partial charge is 0.337 e. The number of nitrogens with one attached hydrogen (secondary N) is 1. The molecule has 0 aliphatic heterocycles. The lowest BCUT2D eigenvalue weighted by Crippen LogP contribution is -2.03. The molecule has 0 atom stereocenters. The minimum Gasteiger partial charge on any atom is -0.478 e. The number of carboxylic acid groups (broad SMARTS) is 1. The molecule has 4 heteroatoms. The van der Waals surface area contributed by atoms with Gasteiger partial charge in [0.05, 0.1) is 11.3 Å². The Morgan fingerprint density at radius 3 is 2.42 bits per heavy atom. The van der Waals surface area contributed by atoms with E-state index in [-0.39, 0.29) is 5.56 Å². The van der Waals surface area contributed by atoms with Gasteiger partial charge in [0.25, 0.3) is 0 Å². The maximum Gasteiger partial charge on any atom is 0.337 e. The highest BCUT2D eigenvalue weighted by Gasteiger charge is 2.10. The van der Waals surface area contributed by atoms with Gasteiger partial charge in [-0.3, -0.25) is 0 Å². The van der Waals surface area contributed by atoms with Crippen molar-refractivity contribution in [2.45, 2.75) is 11.8 Å². The molecule has 19 heavy (non-hydrogen) atoms. The van der Waals surface area contributed by atoms with Crippen LogP contribution in [0.15, 0.2) is 47.4 Å². The number of hydrogen-bond acceptors (Lipinski definition) is 3. The SMILES string of the molecule is CSc1ccc(Nc2cc(C)ccc2C(=O)O)cc1. The molecule has 0 fully saturated rings. The van der Waals surface area contributed by atoms with Crippen LogP contribution in [-0.4, -0.2) is 17.3 Å². The molecule has 0 radical (unpaired) electrons. The lowest BCUT2D eigenvalue weighted by molar-refractivity contribution is 0.0698. The molecule has 0 aliphatic rings. The minimum absolute atomic E-state index is 0.277. The highest BCUT2D eigenvalue weighted by molar-refractivity contribution is 7.98. The van der Waals surface area contributed by atoms with Gasteiger partial charge in [-0.25, -0.2) is 4.79 Å². The van der Waals surface area contributed by atoms with Crippen molar-refractivity contribution in [1.82, 2.24) is 0 Å². The zero-order valence-corrected chi connectivity index (χ0v) is 11.6. The molecular formula is C15H15NO2S. The minimum atomic E-state index is -0.928. The summed E-state index contributed by atoms with van der Waals surface area (Å²) < 4.78 is 0. The molecule has 0 aliphatic carbocycles. The first kappa shape index (κ1) is 13.5. The molecule has 0 aromatic heterocycles. The van der Waals surface area contributed by atoms with Gasteiger partial charge in [0.15, 0.2) is 0 Å². The summed E-state index contributed by atoms with van der Waals surface area (Å²) in [4.78, 5) is 12.4. The van der Waals surface area contributed by atoms with Crippen molar-refractivity contribution in [2.24, 2.45) is 0 Å². The fourth-order valence-electron chi connectivity index (χ4n) is 1.78. The van der Waals surface area contributed by atoms with Crippen molar-refractivity contribution in [3.05, 3.63) is 53.6 Å². The van der Waals surface area contributed by atoms with Crippen LogP contribution in [0.5, 0.6) is 0 Å². The van der Waals surface area contributed by atoms with Gasteiger partial charge in [-0.1, -0.05) is 6.07 Å². The Morgan fingerprint density at radius 1 is 1.16 bits per heavy atom. The molecule has 0 saturated heterocycles. The molecule has 3 nitrogen and oxygen atoms in total. The van der Waals surface area contributed by atoms with Crippen LogP contribution in [0.2, 0.25) is 0 Å². The maximum atomic E-state index is 11.2. The third-order valence-corrected chi connectivity index (χ3v) is 3.52. The van der Waals surface area contributed by atoms with Gasteiger partial charge in [0, 0.05) is 10.6 Å². The Labute approximate surface area is 116 Å². The van der Waals surface area contributed by atoms with E-state index in [9.17, 15) is 9.90 Å². The Bertz CT molecular complexity index is 594. The van der Waals surface area contributed by atoms with Crippen LogP contribution in [0.1, 0.15) is 15.9 Å². The van der Waals surface area contributed by atoms with Gasteiger partial charge in [-0.2, -0.15) is 0 Å². The quantitative estimate of drug-likeness (QED) is 0.821. The fraction of sp³-hybridized carbons (Fsp3) is 0.133. The molecule has 2 N–H and O–H groups in total. The fourth-order valence-corrected chi connectivity index (χ4v) is 2.19. The molecule has 0 spiro atoms. The van der Waals surface area contributed by atoms with E-state index in [0.717, 1.165) is 11.3 Å². The zero-order valence-electron chi connectivity index (χ0n) is 10.8. The number of carboxylic acids is 1. The van der Waals surface area contributed by atoms with E-state index in [2.05, 4.69) is 5.32 Å². The first-order valence-electron chi connectivity index (χ1n) is 5.85. The largest absolute Gasteiger partial charge is 0.478 e. The van der Waals surface area contributed by atoms with Gasteiger partial charge < -0.3 is 10.4 Å². The highest BCUT2D eigenvalue weighted by Crippen LogP contribution is 2.24. The van der Waals surface area contributed by atoms with E-state index in [1.807, 2.05) is 43.5 Å². The van der Waals surface area contributed by atoms with Gasteiger partial charge in [-0.15, -0.1) is 11.8 Å². The molecule has 0 saturated carbocycles. The van der Waals surface area contributed by atoms with E-state index < -0.39 is 5.97 Å². The van der Waals surface area contributed by atoms with Gasteiger partial charge in [0.1, 0.15) is 0 Å². The van der Waals surface area contributed by atoms with Crippen molar-refractivity contribution < 1.29 is 9.90 Å². The summed E-state index contributed by atoms with van der Waals surface area (Å²) >= 11 is 1.67. The van der Waals surface area contributed by atoms with Crippen LogP contribution in [0, 0.1) is 6.92 Å². The van der Waals surface area contributed by atoms with E-state index in [4.69, 9.17) is 0 Å². The van der Waals surface area contributed by atoms with E-state index in [1.165, 1.54) is 4.90 Å². The lowest BCUT2D eigenvalue weighted by atomic mass is 10.1. The summed E-state index contributed by atoms with van der Waals surface area (Å²) in [6.07, 6.45) is 2.02. The summed E-state index contributed by atoms with van der Waals surface area (Å²) in [7, 11) is 0. The van der Waals surface area contributed by atoms with Crippen molar-refractivity contribution in [3.8, 4) is 0 Å². The van der Waals surface area contributed by atoms with Gasteiger partial charge in [0.2, 0.25) is 0 Å². The predicted octanol–water partition coefficient (Wildman–Crippen LogP) is 4.16. The summed E-state index contributed by atoms with van der Waals surface area (Å²) in [5.41, 5.74) is 2.79. The summed E-state index contributed by atoms with van der Waals surface area (Å²) in [6, 6.07) is 13.2. The number of rotatable bonds is 4. The monoisotopic (exact) mass is 273 g/mol. The predicted molar refractivity (Wildman–Crippen MR) is 79.6 cm³/mol. The average molecular weight is 273 g/mol. The van der Waals surface area contributed by atoms with Crippen LogP contribution in [-0.2, 0) is 0 Å². The van der Waals surface area contributed by atoms with Crippen molar-refractivity contribution in [1.29, 1.82) is 0 Å². The van der Waals surface area contributed by atoms with Crippen LogP contribution < -0.4 is 5.32 Å². The lowest BCUT2D eigenvalue weighted by Gasteiger charge is -2.11. The van der Waals surface area contributed by atoms with Crippen LogP contribution >= 0.6 is 11.8 Å². The molecule has 0 unspecified atom stereocenters. The standard InChI is InChI=1S/C15H15NO2S/c1-10-3-8-13(15(17)18)14(9-10)16-11-4-6-12(19-2)7-5-11/h3-9,16H,1-2H3,(H,17,18). The molecule has 2 aromatic rings. The molecule has 0 amide bonds. The molecule has 2 aromatic carbocycles. The van der Waals surface area contributed by atoms with Gasteiger partial charge >= 0.3 is 5.97 Å². The molecular weight excluding hydrogens is 258 g/mol. The second kappa shape index (κ2) is 5.80. The van der Waals surface area contributed by atoms with Crippen molar-refractivity contribution in [2.75, 3.05) is 11.6 Å². The average Bonchev–Trinajstić information content (AvgIpc) is 2.39. The number of benzene rings is 2. The number of aromatic carboxylic acids is 1. The molecule has 0 heterocycles. The van der Waals surface area contributed by atoms with Crippen molar-refractivity contribution in [3.63, 3.8) is 0 Å². The second-order valence-corrected chi connectivity index (χ2v) is 5.09. The maximum absolute atomic E-state index is 11.2. The van der Waals surface area contributed by atoms with Crippen LogP contribution in [0.25, 0.3) is 0 Å². The molecule has 0 bridgehead atoms. The first-order valence-corrected chi connectivity index (χ1v) is 7.07. The molecule has 2 rings (SSSR count). The van der Waals surface area contributed by atoms with Gasteiger partial charge in [-0.05, 0) is 55.1 Å². The second-order valence-electron chi connectivity index (χ2n) is 4.21. The Balaban J connectivity index is 2.31. The van der Waals surface area contributed by atoms with E-state index in [0.29, 0.717) is 5.69 Å².